The van der Waals surface area contributed by atoms with Gasteiger partial charge in [0.15, 0.2) is 5.78 Å². The van der Waals surface area contributed by atoms with Crippen molar-refractivity contribution in [2.45, 2.75) is 59.0 Å². The molecule has 3 N–H and O–H groups in total. The molecule has 1 aliphatic rings. The van der Waals surface area contributed by atoms with E-state index in [4.69, 9.17) is 5.73 Å². The van der Waals surface area contributed by atoms with Crippen LogP contribution in [0.4, 0.5) is 0 Å². The summed E-state index contributed by atoms with van der Waals surface area (Å²) in [5.74, 6) is 0.775. The van der Waals surface area contributed by atoms with E-state index < -0.39 is 0 Å². The molecule has 0 aromatic carbocycles. The van der Waals surface area contributed by atoms with Gasteiger partial charge in [0.1, 0.15) is 0 Å². The van der Waals surface area contributed by atoms with E-state index in [1.807, 2.05) is 13.8 Å². The molecule has 0 saturated carbocycles. The highest BCUT2D eigenvalue weighted by Crippen LogP contribution is 2.24. The van der Waals surface area contributed by atoms with E-state index in [9.17, 15) is 9.59 Å². The molecular formula is C16H31N3O2. The van der Waals surface area contributed by atoms with E-state index in [1.54, 1.807) is 0 Å². The summed E-state index contributed by atoms with van der Waals surface area (Å²) >= 11 is 0. The number of hydrogen-bond acceptors (Lipinski definition) is 4. The maximum Gasteiger partial charge on any atom is 0.234 e. The van der Waals surface area contributed by atoms with Gasteiger partial charge in [0.25, 0.3) is 0 Å². The number of Topliss-reactive ketones (excluding diaryl/α,β-unsaturated/α-hetero) is 1. The molecule has 0 aromatic heterocycles. The second-order valence-electron chi connectivity index (χ2n) is 6.56. The Bertz CT molecular complexity index is 357. The minimum Gasteiger partial charge on any atom is -0.345 e. The van der Waals surface area contributed by atoms with Crippen molar-refractivity contribution in [3.8, 4) is 0 Å². The molecular weight excluding hydrogens is 266 g/mol. The summed E-state index contributed by atoms with van der Waals surface area (Å²) < 4.78 is 0. The highest BCUT2D eigenvalue weighted by atomic mass is 16.2. The van der Waals surface area contributed by atoms with Crippen molar-refractivity contribution in [2.24, 2.45) is 17.6 Å². The first-order valence-electron chi connectivity index (χ1n) is 8.12. The molecule has 122 valence electrons. The summed E-state index contributed by atoms with van der Waals surface area (Å²) in [5, 5.41) is 2.86. The lowest BCUT2D eigenvalue weighted by Crippen LogP contribution is -2.53. The number of hydrogen-bond donors (Lipinski definition) is 2. The molecule has 1 saturated heterocycles. The minimum absolute atomic E-state index is 0.0124. The molecule has 0 radical (unpaired) electrons. The molecule has 0 aromatic rings. The fraction of sp³-hybridized carbons (Fsp3) is 0.875. The van der Waals surface area contributed by atoms with Crippen molar-refractivity contribution < 1.29 is 9.59 Å². The highest BCUT2D eigenvalue weighted by molar-refractivity contribution is 5.88. The van der Waals surface area contributed by atoms with E-state index >= 15 is 0 Å². The molecule has 1 fully saturated rings. The summed E-state index contributed by atoms with van der Waals surface area (Å²) in [5.41, 5.74) is 5.86. The summed E-state index contributed by atoms with van der Waals surface area (Å²) in [6.07, 6.45) is 3.37. The third-order valence-corrected chi connectivity index (χ3v) is 4.56. The van der Waals surface area contributed by atoms with E-state index in [0.717, 1.165) is 25.3 Å². The number of likely N-dealkylation sites (tertiary alicyclic amines) is 1. The number of piperidine rings is 1. The number of rotatable bonds is 7. The van der Waals surface area contributed by atoms with Gasteiger partial charge in [0.2, 0.25) is 5.91 Å². The Labute approximate surface area is 128 Å². The van der Waals surface area contributed by atoms with Gasteiger partial charge in [-0.25, -0.2) is 0 Å². The first-order chi connectivity index (χ1) is 9.88. The predicted molar refractivity (Wildman–Crippen MR) is 84.9 cm³/mol. The van der Waals surface area contributed by atoms with Crippen LogP contribution >= 0.6 is 0 Å². The molecule has 3 atom stereocenters. The van der Waals surface area contributed by atoms with Gasteiger partial charge in [-0.3, -0.25) is 14.5 Å². The highest BCUT2D eigenvalue weighted by Gasteiger charge is 2.29. The zero-order valence-corrected chi connectivity index (χ0v) is 13.9. The Kier molecular flexibility index (Phi) is 7.32. The largest absolute Gasteiger partial charge is 0.345 e. The van der Waals surface area contributed by atoms with Crippen LogP contribution in [0.2, 0.25) is 0 Å². The summed E-state index contributed by atoms with van der Waals surface area (Å²) in [7, 11) is 0. The Morgan fingerprint density at radius 3 is 2.52 bits per heavy atom. The van der Waals surface area contributed by atoms with Crippen molar-refractivity contribution in [1.29, 1.82) is 0 Å². The van der Waals surface area contributed by atoms with Gasteiger partial charge in [-0.15, -0.1) is 0 Å². The van der Waals surface area contributed by atoms with Crippen LogP contribution < -0.4 is 11.1 Å². The number of nitrogens with one attached hydrogen (secondary N) is 1. The van der Waals surface area contributed by atoms with Crippen LogP contribution in [-0.4, -0.2) is 48.3 Å². The van der Waals surface area contributed by atoms with Crippen molar-refractivity contribution in [1.82, 2.24) is 10.2 Å². The average Bonchev–Trinajstić information content (AvgIpc) is 2.44. The smallest absolute Gasteiger partial charge is 0.234 e. The Balaban J connectivity index is 2.55. The zero-order valence-electron chi connectivity index (χ0n) is 13.9. The van der Waals surface area contributed by atoms with Crippen LogP contribution in [0.1, 0.15) is 47.0 Å². The third-order valence-electron chi connectivity index (χ3n) is 4.56. The quantitative estimate of drug-likeness (QED) is 0.739. The molecule has 5 heteroatoms. The lowest BCUT2D eigenvalue weighted by Gasteiger charge is -2.38. The minimum atomic E-state index is -0.387. The number of carbonyl (C=O) groups is 2. The fourth-order valence-corrected chi connectivity index (χ4v) is 3.15. The molecule has 3 unspecified atom stereocenters. The normalized spacial score (nSPS) is 24.9. The van der Waals surface area contributed by atoms with Crippen LogP contribution in [0.15, 0.2) is 0 Å². The van der Waals surface area contributed by atoms with Crippen LogP contribution in [0.25, 0.3) is 0 Å². The van der Waals surface area contributed by atoms with Crippen molar-refractivity contribution in [3.05, 3.63) is 0 Å². The van der Waals surface area contributed by atoms with Crippen molar-refractivity contribution in [2.75, 3.05) is 19.6 Å². The first kappa shape index (κ1) is 18.1. The molecule has 1 rings (SSSR count). The summed E-state index contributed by atoms with van der Waals surface area (Å²) in [6, 6.07) is -0.105. The van der Waals surface area contributed by atoms with Crippen LogP contribution in [0.5, 0.6) is 0 Å². The second kappa shape index (κ2) is 8.49. The third kappa shape index (κ3) is 5.40. The van der Waals surface area contributed by atoms with Gasteiger partial charge in [-0.05, 0) is 38.1 Å². The van der Waals surface area contributed by atoms with Crippen LogP contribution in [0, 0.1) is 11.8 Å². The number of ketones is 1. The Morgan fingerprint density at radius 2 is 2.05 bits per heavy atom. The maximum absolute atomic E-state index is 12.2. The Morgan fingerprint density at radius 1 is 1.38 bits per heavy atom. The van der Waals surface area contributed by atoms with E-state index in [2.05, 4.69) is 17.1 Å². The van der Waals surface area contributed by atoms with E-state index in [0.29, 0.717) is 13.1 Å². The first-order valence-corrected chi connectivity index (χ1v) is 8.12. The predicted octanol–water partition coefficient (Wildman–Crippen LogP) is 1.17. The van der Waals surface area contributed by atoms with Gasteiger partial charge in [0.05, 0.1) is 12.6 Å². The number of carbonyl (C=O) groups excluding carboxylic acids is 2. The molecule has 0 spiro atoms. The summed E-state index contributed by atoms with van der Waals surface area (Å²) in [6.45, 7) is 9.48. The molecule has 5 nitrogen and oxygen atoms in total. The molecule has 1 heterocycles. The SMILES string of the molecule is CCC1CCN(CC(=O)NC(C(C)=O)C(C)C)C(CN)C1. The van der Waals surface area contributed by atoms with Crippen molar-refractivity contribution in [3.63, 3.8) is 0 Å². The maximum atomic E-state index is 12.2. The van der Waals surface area contributed by atoms with E-state index in [1.165, 1.54) is 13.3 Å². The molecule has 1 amide bonds. The average molecular weight is 297 g/mol. The topological polar surface area (TPSA) is 75.4 Å². The number of amides is 1. The molecule has 21 heavy (non-hydrogen) atoms. The fourth-order valence-electron chi connectivity index (χ4n) is 3.15. The van der Waals surface area contributed by atoms with Gasteiger partial charge < -0.3 is 11.1 Å². The summed E-state index contributed by atoms with van der Waals surface area (Å²) in [4.78, 5) is 25.9. The van der Waals surface area contributed by atoms with Gasteiger partial charge in [-0.1, -0.05) is 27.2 Å². The number of nitrogens with zero attached hydrogens (tertiary/aromatic N) is 1. The molecule has 0 aliphatic carbocycles. The van der Waals surface area contributed by atoms with Gasteiger partial charge >= 0.3 is 0 Å². The van der Waals surface area contributed by atoms with Gasteiger partial charge in [0, 0.05) is 12.6 Å². The lowest BCUT2D eigenvalue weighted by atomic mass is 9.89. The number of nitrogens with two attached hydrogens (primary N) is 1. The van der Waals surface area contributed by atoms with E-state index in [-0.39, 0.29) is 29.7 Å². The Hall–Kier alpha value is -0.940. The van der Waals surface area contributed by atoms with Crippen LogP contribution in [0.3, 0.4) is 0 Å². The van der Waals surface area contributed by atoms with Crippen LogP contribution in [-0.2, 0) is 9.59 Å². The standard InChI is InChI=1S/C16H31N3O2/c1-5-13-6-7-19(14(8-13)9-17)10-15(21)18-16(11(2)3)12(4)20/h11,13-14,16H,5-10,17H2,1-4H3,(H,18,21). The lowest BCUT2D eigenvalue weighted by molar-refractivity contribution is -0.129. The molecule has 0 bridgehead atoms. The molecule has 1 aliphatic heterocycles. The van der Waals surface area contributed by atoms with Gasteiger partial charge in [-0.2, -0.15) is 0 Å². The zero-order chi connectivity index (χ0) is 16.0. The monoisotopic (exact) mass is 297 g/mol. The second-order valence-corrected chi connectivity index (χ2v) is 6.56. The van der Waals surface area contributed by atoms with Crippen molar-refractivity contribution >= 4 is 11.7 Å².